The summed E-state index contributed by atoms with van der Waals surface area (Å²) in [6.45, 7) is 1.99. The van der Waals surface area contributed by atoms with Gasteiger partial charge in [0.15, 0.2) is 11.2 Å². The number of rotatable bonds is 4. The third kappa shape index (κ3) is 3.15. The molecule has 0 aliphatic rings. The molecule has 3 heterocycles. The number of nitrogens with one attached hydrogen (secondary N) is 2. The number of hydrogen-bond acceptors (Lipinski definition) is 4. The summed E-state index contributed by atoms with van der Waals surface area (Å²) in [6.07, 6.45) is 6.65. The Balaban J connectivity index is 1.54. The molecule has 27 heavy (non-hydrogen) atoms. The van der Waals surface area contributed by atoms with Gasteiger partial charge in [-0.3, -0.25) is 9.78 Å². The molecule has 3 aromatic heterocycles. The number of carbonyl (C=O) groups excluding carboxylic acids is 1. The van der Waals surface area contributed by atoms with Crippen LogP contribution in [0.1, 0.15) is 24.1 Å². The summed E-state index contributed by atoms with van der Waals surface area (Å²) in [5, 5.41) is 1.10. The highest BCUT2D eigenvalue weighted by atomic mass is 16.4. The van der Waals surface area contributed by atoms with Crippen LogP contribution in [0.2, 0.25) is 0 Å². The Kier molecular flexibility index (Phi) is 4.12. The van der Waals surface area contributed by atoms with Gasteiger partial charge in [0.2, 0.25) is 5.91 Å². The number of nitrogens with zero attached hydrogens (tertiary/aromatic N) is 2. The van der Waals surface area contributed by atoms with Crippen molar-refractivity contribution in [3.05, 3.63) is 70.5 Å². The van der Waals surface area contributed by atoms with Gasteiger partial charge in [-0.15, -0.1) is 0 Å². The van der Waals surface area contributed by atoms with Crippen LogP contribution in [0, 0.1) is 0 Å². The van der Waals surface area contributed by atoms with Crippen molar-refractivity contribution < 1.29 is 9.21 Å². The first kappa shape index (κ1) is 16.8. The maximum absolute atomic E-state index is 12.6. The van der Waals surface area contributed by atoms with E-state index in [1.807, 2.05) is 37.4 Å². The van der Waals surface area contributed by atoms with Gasteiger partial charge in [-0.25, -0.2) is 9.78 Å². The minimum Gasteiger partial charge on any atom is -0.406 e. The number of carbonyl (C=O) groups is 1. The number of benzene rings is 1. The van der Waals surface area contributed by atoms with Crippen LogP contribution in [0.4, 0.5) is 0 Å². The van der Waals surface area contributed by atoms with E-state index in [2.05, 4.69) is 15.0 Å². The van der Waals surface area contributed by atoms with Crippen LogP contribution >= 0.6 is 0 Å². The molecule has 0 radical (unpaired) electrons. The summed E-state index contributed by atoms with van der Waals surface area (Å²) in [5.41, 5.74) is 3.52. The van der Waals surface area contributed by atoms with Crippen molar-refractivity contribution in [3.63, 3.8) is 0 Å². The summed E-state index contributed by atoms with van der Waals surface area (Å²) in [4.78, 5) is 35.3. The molecule has 4 aromatic rings. The van der Waals surface area contributed by atoms with Crippen molar-refractivity contribution in [2.24, 2.45) is 0 Å². The molecular weight excluding hydrogens is 344 g/mol. The van der Waals surface area contributed by atoms with E-state index in [0.717, 1.165) is 16.5 Å². The second-order valence-electron chi connectivity index (χ2n) is 6.38. The van der Waals surface area contributed by atoms with Gasteiger partial charge in [0.25, 0.3) is 0 Å². The molecule has 0 fully saturated rings. The number of aromatic nitrogens is 3. The van der Waals surface area contributed by atoms with Crippen molar-refractivity contribution in [1.29, 1.82) is 0 Å². The van der Waals surface area contributed by atoms with Crippen LogP contribution < -0.4 is 5.76 Å². The number of amides is 1. The standard InChI is InChI=1S/C20H18N4O3/c1-12(15-11-21-16-6-4-3-5-14(15)16)24(2)18(25)8-7-13-9-17-19(22-10-13)23-20(26)27-17/h3-12,21H,1-2H3,(H,22,23,26). The van der Waals surface area contributed by atoms with Gasteiger partial charge < -0.3 is 14.3 Å². The Labute approximate surface area is 154 Å². The van der Waals surface area contributed by atoms with Crippen LogP contribution in [0.15, 0.2) is 58.0 Å². The molecule has 0 bridgehead atoms. The second-order valence-corrected chi connectivity index (χ2v) is 6.38. The number of hydrogen-bond donors (Lipinski definition) is 2. The lowest BCUT2D eigenvalue weighted by atomic mass is 10.1. The zero-order valence-corrected chi connectivity index (χ0v) is 14.9. The number of oxazole rings is 1. The average molecular weight is 362 g/mol. The third-order valence-corrected chi connectivity index (χ3v) is 4.72. The van der Waals surface area contributed by atoms with E-state index in [4.69, 9.17) is 4.42 Å². The minimum atomic E-state index is -0.554. The van der Waals surface area contributed by atoms with E-state index in [0.29, 0.717) is 16.8 Å². The molecule has 1 aromatic carbocycles. The SMILES string of the molecule is CC(c1c[nH]c2ccccc12)N(C)C(=O)C=Cc1cnc2[nH]c(=O)oc2c1. The fraction of sp³-hybridized carbons (Fsp3) is 0.150. The molecule has 7 heteroatoms. The lowest BCUT2D eigenvalue weighted by molar-refractivity contribution is -0.126. The van der Waals surface area contributed by atoms with Crippen LogP contribution in [0.25, 0.3) is 28.2 Å². The molecule has 1 atom stereocenters. The van der Waals surface area contributed by atoms with Crippen LogP contribution in [0.5, 0.6) is 0 Å². The number of likely N-dealkylation sites (N-methyl/N-ethyl adjacent to an activating group) is 1. The van der Waals surface area contributed by atoms with Gasteiger partial charge in [0.1, 0.15) is 0 Å². The van der Waals surface area contributed by atoms with Crippen LogP contribution in [-0.4, -0.2) is 32.8 Å². The maximum Gasteiger partial charge on any atom is 0.418 e. The number of para-hydroxylation sites is 1. The monoisotopic (exact) mass is 362 g/mol. The summed E-state index contributed by atoms with van der Waals surface area (Å²) < 4.78 is 4.98. The molecule has 2 N–H and O–H groups in total. The van der Waals surface area contributed by atoms with Gasteiger partial charge in [-0.05, 0) is 36.3 Å². The van der Waals surface area contributed by atoms with E-state index in [1.54, 1.807) is 30.3 Å². The van der Waals surface area contributed by atoms with Crippen molar-refractivity contribution in [3.8, 4) is 0 Å². The largest absolute Gasteiger partial charge is 0.418 e. The van der Waals surface area contributed by atoms with E-state index in [-0.39, 0.29) is 11.9 Å². The predicted molar refractivity (Wildman–Crippen MR) is 103 cm³/mol. The first-order chi connectivity index (χ1) is 13.0. The Hall–Kier alpha value is -3.61. The lowest BCUT2D eigenvalue weighted by Crippen LogP contribution is -2.27. The molecule has 0 aliphatic heterocycles. The molecule has 1 amide bonds. The van der Waals surface area contributed by atoms with Crippen molar-refractivity contribution in [2.45, 2.75) is 13.0 Å². The normalized spacial score (nSPS) is 12.8. The summed E-state index contributed by atoms with van der Waals surface area (Å²) in [5.74, 6) is -0.689. The molecule has 0 spiro atoms. The van der Waals surface area contributed by atoms with Gasteiger partial charge in [0, 0.05) is 36.4 Å². The molecule has 0 saturated heterocycles. The topological polar surface area (TPSA) is 95.0 Å². The van der Waals surface area contributed by atoms with E-state index < -0.39 is 5.76 Å². The maximum atomic E-state index is 12.6. The highest BCUT2D eigenvalue weighted by Gasteiger charge is 2.18. The van der Waals surface area contributed by atoms with E-state index in [9.17, 15) is 9.59 Å². The quantitative estimate of drug-likeness (QED) is 0.545. The zero-order valence-electron chi connectivity index (χ0n) is 14.9. The van der Waals surface area contributed by atoms with Gasteiger partial charge in [-0.1, -0.05) is 18.2 Å². The van der Waals surface area contributed by atoms with Gasteiger partial charge >= 0.3 is 5.76 Å². The average Bonchev–Trinajstić information content (AvgIpc) is 3.26. The second kappa shape index (κ2) is 6.60. The molecule has 136 valence electrons. The summed E-state index contributed by atoms with van der Waals surface area (Å²) in [7, 11) is 1.77. The zero-order chi connectivity index (χ0) is 19.0. The molecule has 7 nitrogen and oxygen atoms in total. The summed E-state index contributed by atoms with van der Waals surface area (Å²) in [6, 6.07) is 9.57. The Bertz CT molecular complexity index is 1210. The predicted octanol–water partition coefficient (Wildman–Crippen LogP) is 3.23. The van der Waals surface area contributed by atoms with Gasteiger partial charge in [0.05, 0.1) is 6.04 Å². The smallest absolute Gasteiger partial charge is 0.406 e. The third-order valence-electron chi connectivity index (χ3n) is 4.72. The molecule has 0 saturated carbocycles. The molecule has 4 rings (SSSR count). The highest BCUT2D eigenvalue weighted by molar-refractivity contribution is 5.93. The Morgan fingerprint density at radius 3 is 3.00 bits per heavy atom. The first-order valence-corrected chi connectivity index (χ1v) is 8.52. The Morgan fingerprint density at radius 1 is 1.33 bits per heavy atom. The van der Waals surface area contributed by atoms with Crippen LogP contribution in [-0.2, 0) is 4.79 Å². The lowest BCUT2D eigenvalue weighted by Gasteiger charge is -2.23. The highest BCUT2D eigenvalue weighted by Crippen LogP contribution is 2.27. The fourth-order valence-electron chi connectivity index (χ4n) is 3.07. The number of H-pyrrole nitrogens is 2. The van der Waals surface area contributed by atoms with Gasteiger partial charge in [-0.2, -0.15) is 0 Å². The van der Waals surface area contributed by atoms with Crippen LogP contribution in [0.3, 0.4) is 0 Å². The fourth-order valence-corrected chi connectivity index (χ4v) is 3.07. The number of aromatic amines is 2. The Morgan fingerprint density at radius 2 is 2.15 bits per heavy atom. The molecule has 1 unspecified atom stereocenters. The van der Waals surface area contributed by atoms with E-state index >= 15 is 0 Å². The first-order valence-electron chi connectivity index (χ1n) is 8.52. The van der Waals surface area contributed by atoms with Crippen molar-refractivity contribution in [2.75, 3.05) is 7.05 Å². The van der Waals surface area contributed by atoms with E-state index in [1.165, 1.54) is 6.08 Å². The van der Waals surface area contributed by atoms with Crippen molar-refractivity contribution >= 4 is 34.1 Å². The molecule has 0 aliphatic carbocycles. The van der Waals surface area contributed by atoms with Crippen molar-refractivity contribution in [1.82, 2.24) is 19.9 Å². The number of pyridine rings is 1. The minimum absolute atomic E-state index is 0.0957. The summed E-state index contributed by atoms with van der Waals surface area (Å²) >= 11 is 0. The number of fused-ring (bicyclic) bond motifs is 2. The molecular formula is C20H18N4O3.